The Kier molecular flexibility index (Phi) is 3.33. The third-order valence-corrected chi connectivity index (χ3v) is 4.14. The zero-order chi connectivity index (χ0) is 11.7. The van der Waals surface area contributed by atoms with E-state index in [2.05, 4.69) is 37.4 Å². The van der Waals surface area contributed by atoms with E-state index in [-0.39, 0.29) is 0 Å². The molecule has 0 saturated heterocycles. The van der Waals surface area contributed by atoms with Gasteiger partial charge < -0.3 is 5.32 Å². The van der Waals surface area contributed by atoms with Crippen LogP contribution in [-0.4, -0.2) is 15.8 Å². The molecular formula is C13H23N3. The highest BCUT2D eigenvalue weighted by molar-refractivity contribution is 5.15. The van der Waals surface area contributed by atoms with Crippen LogP contribution in [0.25, 0.3) is 0 Å². The molecule has 3 heteroatoms. The van der Waals surface area contributed by atoms with Crippen molar-refractivity contribution >= 4 is 0 Å². The van der Waals surface area contributed by atoms with Crippen LogP contribution in [0.5, 0.6) is 0 Å². The number of aryl methyl sites for hydroxylation is 2. The first kappa shape index (κ1) is 11.6. The second kappa shape index (κ2) is 4.58. The van der Waals surface area contributed by atoms with Gasteiger partial charge in [0.25, 0.3) is 0 Å². The van der Waals surface area contributed by atoms with Crippen molar-refractivity contribution in [2.45, 2.75) is 46.2 Å². The van der Waals surface area contributed by atoms with Gasteiger partial charge in [0.15, 0.2) is 0 Å². The summed E-state index contributed by atoms with van der Waals surface area (Å²) in [5, 5.41) is 8.05. The Morgan fingerprint density at radius 3 is 2.69 bits per heavy atom. The van der Waals surface area contributed by atoms with E-state index in [1.165, 1.54) is 18.4 Å². The minimum atomic E-state index is 0.689. The van der Waals surface area contributed by atoms with Crippen molar-refractivity contribution in [3.63, 3.8) is 0 Å². The van der Waals surface area contributed by atoms with Gasteiger partial charge in [-0.05, 0) is 31.6 Å². The first-order valence-corrected chi connectivity index (χ1v) is 6.30. The standard InChI is InChI=1S/C13H23N3/c1-9-5-6-13(10(9)2)14-7-12-8-16(4)15-11(12)3/h8-10,13-14H,5-7H2,1-4H3. The zero-order valence-corrected chi connectivity index (χ0v) is 10.8. The quantitative estimate of drug-likeness (QED) is 0.848. The van der Waals surface area contributed by atoms with E-state index >= 15 is 0 Å². The predicted molar refractivity (Wildman–Crippen MR) is 66.1 cm³/mol. The number of rotatable bonds is 3. The smallest absolute Gasteiger partial charge is 0.0638 e. The molecule has 0 bridgehead atoms. The Hall–Kier alpha value is -0.830. The van der Waals surface area contributed by atoms with Crippen LogP contribution in [0, 0.1) is 18.8 Å². The summed E-state index contributed by atoms with van der Waals surface area (Å²) >= 11 is 0. The summed E-state index contributed by atoms with van der Waals surface area (Å²) in [7, 11) is 1.98. The molecule has 3 atom stereocenters. The van der Waals surface area contributed by atoms with Crippen LogP contribution in [0.2, 0.25) is 0 Å². The predicted octanol–water partition coefficient (Wildman–Crippen LogP) is 2.25. The molecule has 2 rings (SSSR count). The number of aromatic nitrogens is 2. The molecule has 1 N–H and O–H groups in total. The minimum Gasteiger partial charge on any atom is -0.310 e. The van der Waals surface area contributed by atoms with E-state index in [9.17, 15) is 0 Å². The highest BCUT2D eigenvalue weighted by Crippen LogP contribution is 2.31. The molecule has 0 spiro atoms. The molecule has 3 nitrogen and oxygen atoms in total. The van der Waals surface area contributed by atoms with Gasteiger partial charge in [-0.15, -0.1) is 0 Å². The molecule has 0 amide bonds. The van der Waals surface area contributed by atoms with Gasteiger partial charge in [-0.3, -0.25) is 4.68 Å². The fourth-order valence-electron chi connectivity index (χ4n) is 2.72. The van der Waals surface area contributed by atoms with Gasteiger partial charge in [-0.25, -0.2) is 0 Å². The SMILES string of the molecule is Cc1nn(C)cc1CNC1CCC(C)C1C. The Bertz CT molecular complexity index is 356. The fraction of sp³-hybridized carbons (Fsp3) is 0.769. The molecule has 1 heterocycles. The number of hydrogen-bond donors (Lipinski definition) is 1. The molecule has 0 aliphatic heterocycles. The van der Waals surface area contributed by atoms with Crippen molar-refractivity contribution in [1.82, 2.24) is 15.1 Å². The first-order chi connectivity index (χ1) is 7.58. The first-order valence-electron chi connectivity index (χ1n) is 6.30. The highest BCUT2D eigenvalue weighted by atomic mass is 15.2. The van der Waals surface area contributed by atoms with Crippen LogP contribution in [0.3, 0.4) is 0 Å². The lowest BCUT2D eigenvalue weighted by Gasteiger charge is -2.19. The molecule has 1 aromatic heterocycles. The number of hydrogen-bond acceptors (Lipinski definition) is 2. The average molecular weight is 221 g/mol. The maximum atomic E-state index is 4.37. The van der Waals surface area contributed by atoms with Crippen molar-refractivity contribution in [3.05, 3.63) is 17.5 Å². The van der Waals surface area contributed by atoms with Gasteiger partial charge in [0.05, 0.1) is 5.69 Å². The fourth-order valence-corrected chi connectivity index (χ4v) is 2.72. The Labute approximate surface area is 98.2 Å². The summed E-state index contributed by atoms with van der Waals surface area (Å²) in [4.78, 5) is 0. The summed E-state index contributed by atoms with van der Waals surface area (Å²) in [6.07, 6.45) is 4.80. The maximum Gasteiger partial charge on any atom is 0.0638 e. The molecule has 16 heavy (non-hydrogen) atoms. The Morgan fingerprint density at radius 2 is 2.19 bits per heavy atom. The van der Waals surface area contributed by atoms with E-state index in [1.54, 1.807) is 0 Å². The van der Waals surface area contributed by atoms with E-state index < -0.39 is 0 Å². The Morgan fingerprint density at radius 1 is 1.44 bits per heavy atom. The molecule has 0 aromatic carbocycles. The van der Waals surface area contributed by atoms with Crippen LogP contribution >= 0.6 is 0 Å². The van der Waals surface area contributed by atoms with Crippen LogP contribution in [0.1, 0.15) is 37.9 Å². The van der Waals surface area contributed by atoms with Crippen LogP contribution < -0.4 is 5.32 Å². The molecule has 1 aliphatic rings. The van der Waals surface area contributed by atoms with Gasteiger partial charge in [-0.2, -0.15) is 5.10 Å². The summed E-state index contributed by atoms with van der Waals surface area (Å²) in [5.74, 6) is 1.67. The van der Waals surface area contributed by atoms with Crippen LogP contribution in [0.4, 0.5) is 0 Å². The zero-order valence-electron chi connectivity index (χ0n) is 10.8. The lowest BCUT2D eigenvalue weighted by molar-refractivity contribution is 0.369. The largest absolute Gasteiger partial charge is 0.310 e. The third-order valence-electron chi connectivity index (χ3n) is 4.14. The van der Waals surface area contributed by atoms with Crippen molar-refractivity contribution < 1.29 is 0 Å². The van der Waals surface area contributed by atoms with E-state index in [0.717, 1.165) is 24.1 Å². The summed E-state index contributed by atoms with van der Waals surface area (Å²) < 4.78 is 1.90. The van der Waals surface area contributed by atoms with E-state index in [4.69, 9.17) is 0 Å². The van der Waals surface area contributed by atoms with Gasteiger partial charge in [0, 0.05) is 31.4 Å². The summed E-state index contributed by atoms with van der Waals surface area (Å²) in [6.45, 7) is 7.77. The minimum absolute atomic E-state index is 0.689. The molecule has 3 unspecified atom stereocenters. The second-order valence-electron chi connectivity index (χ2n) is 5.31. The Balaban J connectivity index is 1.90. The molecule has 1 aromatic rings. The lowest BCUT2D eigenvalue weighted by atomic mass is 9.98. The molecule has 1 saturated carbocycles. The molecule has 0 radical (unpaired) electrons. The van der Waals surface area contributed by atoms with Gasteiger partial charge in [-0.1, -0.05) is 13.8 Å². The van der Waals surface area contributed by atoms with E-state index in [1.807, 2.05) is 11.7 Å². The monoisotopic (exact) mass is 221 g/mol. The topological polar surface area (TPSA) is 29.9 Å². The van der Waals surface area contributed by atoms with E-state index in [0.29, 0.717) is 6.04 Å². The summed E-state index contributed by atoms with van der Waals surface area (Å²) in [6, 6.07) is 0.689. The molecule has 90 valence electrons. The van der Waals surface area contributed by atoms with Crippen molar-refractivity contribution in [2.75, 3.05) is 0 Å². The third kappa shape index (κ3) is 2.29. The molecule has 1 fully saturated rings. The molecule has 1 aliphatic carbocycles. The normalized spacial score (nSPS) is 29.9. The summed E-state index contributed by atoms with van der Waals surface area (Å²) in [5.41, 5.74) is 2.47. The highest BCUT2D eigenvalue weighted by Gasteiger charge is 2.29. The van der Waals surface area contributed by atoms with Gasteiger partial charge >= 0.3 is 0 Å². The number of nitrogens with one attached hydrogen (secondary N) is 1. The van der Waals surface area contributed by atoms with Crippen LogP contribution in [-0.2, 0) is 13.6 Å². The van der Waals surface area contributed by atoms with Crippen molar-refractivity contribution in [3.8, 4) is 0 Å². The maximum absolute atomic E-state index is 4.37. The average Bonchev–Trinajstić information content (AvgIpc) is 2.70. The lowest BCUT2D eigenvalue weighted by Crippen LogP contribution is -2.31. The van der Waals surface area contributed by atoms with Crippen LogP contribution in [0.15, 0.2) is 6.20 Å². The number of nitrogens with zero attached hydrogens (tertiary/aromatic N) is 2. The van der Waals surface area contributed by atoms with Gasteiger partial charge in [0.2, 0.25) is 0 Å². The van der Waals surface area contributed by atoms with Gasteiger partial charge in [0.1, 0.15) is 0 Å². The van der Waals surface area contributed by atoms with Crippen molar-refractivity contribution in [2.24, 2.45) is 18.9 Å². The second-order valence-corrected chi connectivity index (χ2v) is 5.31. The van der Waals surface area contributed by atoms with Crippen molar-refractivity contribution in [1.29, 1.82) is 0 Å². The molecular weight excluding hydrogens is 198 g/mol.